The number of methoxy groups -OCH3 is 1. The second-order valence-corrected chi connectivity index (χ2v) is 8.62. The maximum absolute atomic E-state index is 13.3. The number of nitrogens with zero attached hydrogens (tertiary/aromatic N) is 4. The van der Waals surface area contributed by atoms with Crippen molar-refractivity contribution in [3.05, 3.63) is 29.8 Å². The van der Waals surface area contributed by atoms with E-state index < -0.39 is 17.6 Å². The molecule has 2 saturated heterocycles. The van der Waals surface area contributed by atoms with Gasteiger partial charge in [0.25, 0.3) is 0 Å². The topological polar surface area (TPSA) is 69.2 Å². The molecule has 4 atom stereocenters. The molecule has 0 amide bonds. The van der Waals surface area contributed by atoms with E-state index in [4.69, 9.17) is 15.5 Å². The van der Waals surface area contributed by atoms with Crippen LogP contribution in [0, 0.1) is 11.8 Å². The van der Waals surface area contributed by atoms with Crippen LogP contribution in [0.5, 0.6) is 0 Å². The van der Waals surface area contributed by atoms with Crippen molar-refractivity contribution < 1.29 is 17.9 Å². The van der Waals surface area contributed by atoms with Gasteiger partial charge in [0, 0.05) is 62.0 Å². The molecule has 2 saturated carbocycles. The first-order valence-electron chi connectivity index (χ1n) is 9.87. The van der Waals surface area contributed by atoms with Crippen molar-refractivity contribution in [3.63, 3.8) is 0 Å². The average Bonchev–Trinajstić information content (AvgIpc) is 3.23. The van der Waals surface area contributed by atoms with Gasteiger partial charge in [0.1, 0.15) is 11.6 Å². The lowest BCUT2D eigenvalue weighted by atomic mass is 10.1. The summed E-state index contributed by atoms with van der Waals surface area (Å²) in [5.41, 5.74) is 5.44. The molecule has 6 rings (SSSR count). The SMILES string of the molecule is COCCN1CC2[C@H]3C1[C@]23n1cc(-c2cnc(N)c(C(F)(F)F)c2)nc1C(C)C. The number of aromatic nitrogens is 3. The number of nitrogens with two attached hydrogens (primary N) is 1. The van der Waals surface area contributed by atoms with Gasteiger partial charge >= 0.3 is 6.18 Å². The molecule has 2 unspecified atom stereocenters. The summed E-state index contributed by atoms with van der Waals surface area (Å²) in [5, 5.41) is 0. The van der Waals surface area contributed by atoms with Gasteiger partial charge in [-0.15, -0.1) is 0 Å². The summed E-state index contributed by atoms with van der Waals surface area (Å²) in [5.74, 6) is 1.78. The second-order valence-electron chi connectivity index (χ2n) is 8.62. The van der Waals surface area contributed by atoms with Crippen molar-refractivity contribution in [2.75, 3.05) is 32.5 Å². The lowest BCUT2D eigenvalue weighted by Gasteiger charge is -2.18. The second kappa shape index (κ2) is 5.95. The first-order valence-corrected chi connectivity index (χ1v) is 9.87. The van der Waals surface area contributed by atoms with Crippen LogP contribution in [0.15, 0.2) is 18.5 Å². The molecule has 2 aromatic heterocycles. The van der Waals surface area contributed by atoms with Gasteiger partial charge in [0.05, 0.1) is 23.4 Å². The number of piperidine rings is 1. The van der Waals surface area contributed by atoms with Crippen molar-refractivity contribution in [3.8, 4) is 11.3 Å². The number of alkyl halides is 3. The summed E-state index contributed by atoms with van der Waals surface area (Å²) < 4.78 is 47.2. The molecule has 0 spiro atoms. The molecule has 2 aliphatic carbocycles. The summed E-state index contributed by atoms with van der Waals surface area (Å²) in [6.07, 6.45) is -1.26. The third-order valence-electron chi connectivity index (χ3n) is 6.75. The quantitative estimate of drug-likeness (QED) is 0.797. The highest BCUT2D eigenvalue weighted by molar-refractivity contribution is 5.63. The summed E-state index contributed by atoms with van der Waals surface area (Å²) in [7, 11) is 1.71. The van der Waals surface area contributed by atoms with E-state index in [9.17, 15) is 13.2 Å². The third-order valence-corrected chi connectivity index (χ3v) is 6.75. The van der Waals surface area contributed by atoms with Crippen LogP contribution in [0.25, 0.3) is 11.3 Å². The number of hydrogen-bond donors (Lipinski definition) is 1. The van der Waals surface area contributed by atoms with Gasteiger partial charge < -0.3 is 15.0 Å². The van der Waals surface area contributed by atoms with Gasteiger partial charge in [0.2, 0.25) is 0 Å². The molecule has 2 aliphatic heterocycles. The van der Waals surface area contributed by atoms with E-state index in [1.54, 1.807) is 7.11 Å². The molecule has 4 heterocycles. The minimum absolute atomic E-state index is 0.0622. The summed E-state index contributed by atoms with van der Waals surface area (Å²) in [4.78, 5) is 11.0. The highest BCUT2D eigenvalue weighted by Gasteiger charge is 2.93. The number of rotatable bonds is 6. The third kappa shape index (κ3) is 2.49. The molecule has 2 aromatic rings. The maximum atomic E-state index is 13.3. The van der Waals surface area contributed by atoms with E-state index in [-0.39, 0.29) is 11.5 Å². The van der Waals surface area contributed by atoms with Gasteiger partial charge in [-0.25, -0.2) is 9.97 Å². The number of ether oxygens (including phenoxy) is 1. The predicted molar refractivity (Wildman–Crippen MR) is 101 cm³/mol. The highest BCUT2D eigenvalue weighted by atomic mass is 19.4. The van der Waals surface area contributed by atoms with Crippen LogP contribution in [0.2, 0.25) is 0 Å². The molecular weight excluding hydrogens is 383 g/mol. The Bertz CT molecular complexity index is 966. The number of imidazole rings is 1. The Kier molecular flexibility index (Phi) is 3.87. The standard InChI is InChI=1S/C20H24F3N5O/c1-10(2)18-26-14(11-6-12(20(21,22)23)17(24)25-7-11)9-28(18)19-13-8-27(4-5-29-3)16(19)15(13)19/h6-7,9-10,13,15-16H,4-5,8H2,1-3H3,(H2,24,25)/t13?,15-,16?,19-/m0/s1. The van der Waals surface area contributed by atoms with Crippen molar-refractivity contribution in [2.45, 2.75) is 37.5 Å². The molecule has 0 aromatic carbocycles. The van der Waals surface area contributed by atoms with E-state index in [0.29, 0.717) is 35.7 Å². The summed E-state index contributed by atoms with van der Waals surface area (Å²) >= 11 is 0. The molecule has 4 fully saturated rings. The fourth-order valence-corrected chi connectivity index (χ4v) is 5.38. The molecule has 156 valence electrons. The highest BCUT2D eigenvalue weighted by Crippen LogP contribution is 2.83. The molecule has 6 nitrogen and oxygen atoms in total. The van der Waals surface area contributed by atoms with Gasteiger partial charge in [-0.1, -0.05) is 13.8 Å². The molecule has 9 heteroatoms. The fraction of sp³-hybridized carbons (Fsp3) is 0.600. The summed E-state index contributed by atoms with van der Waals surface area (Å²) in [6, 6.07) is 1.53. The zero-order chi connectivity index (χ0) is 20.7. The van der Waals surface area contributed by atoms with E-state index in [1.165, 1.54) is 6.20 Å². The predicted octanol–water partition coefficient (Wildman–Crippen LogP) is 2.96. The van der Waals surface area contributed by atoms with E-state index in [2.05, 4.69) is 28.3 Å². The Labute approximate surface area is 166 Å². The van der Waals surface area contributed by atoms with Crippen LogP contribution in [0.1, 0.15) is 31.2 Å². The fourth-order valence-electron chi connectivity index (χ4n) is 5.38. The van der Waals surface area contributed by atoms with Crippen molar-refractivity contribution >= 4 is 5.82 Å². The van der Waals surface area contributed by atoms with Crippen molar-refractivity contribution in [1.82, 2.24) is 19.4 Å². The number of halogens is 3. The van der Waals surface area contributed by atoms with Gasteiger partial charge in [-0.3, -0.25) is 4.90 Å². The Hall–Kier alpha value is -2.13. The average molecular weight is 407 g/mol. The molecule has 2 bridgehead atoms. The number of fused-ring (bicyclic) bond motifs is 1. The lowest BCUT2D eigenvalue weighted by molar-refractivity contribution is -0.137. The Morgan fingerprint density at radius 3 is 2.76 bits per heavy atom. The molecule has 2 N–H and O–H groups in total. The molecular formula is C20H24F3N5O. The zero-order valence-corrected chi connectivity index (χ0v) is 16.6. The van der Waals surface area contributed by atoms with Gasteiger partial charge in [0.15, 0.2) is 0 Å². The number of anilines is 1. The monoisotopic (exact) mass is 407 g/mol. The van der Waals surface area contributed by atoms with Gasteiger partial charge in [-0.05, 0) is 6.07 Å². The van der Waals surface area contributed by atoms with Crippen LogP contribution in [0.3, 0.4) is 0 Å². The largest absolute Gasteiger partial charge is 0.419 e. The van der Waals surface area contributed by atoms with Crippen LogP contribution in [-0.2, 0) is 16.5 Å². The molecule has 4 aliphatic rings. The van der Waals surface area contributed by atoms with Crippen LogP contribution < -0.4 is 5.73 Å². The maximum Gasteiger partial charge on any atom is 0.419 e. The minimum Gasteiger partial charge on any atom is -0.383 e. The Morgan fingerprint density at radius 2 is 2.14 bits per heavy atom. The Balaban J connectivity index is 1.50. The molecule has 29 heavy (non-hydrogen) atoms. The smallest absolute Gasteiger partial charge is 0.383 e. The molecule has 0 radical (unpaired) electrons. The number of nitrogen functional groups attached to an aromatic ring is 1. The normalized spacial score (nSPS) is 30.1. The van der Waals surface area contributed by atoms with Gasteiger partial charge in [-0.2, -0.15) is 13.2 Å². The Morgan fingerprint density at radius 1 is 1.38 bits per heavy atom. The van der Waals surface area contributed by atoms with E-state index in [0.717, 1.165) is 25.0 Å². The van der Waals surface area contributed by atoms with E-state index in [1.807, 2.05) is 6.20 Å². The number of pyridine rings is 1. The van der Waals surface area contributed by atoms with Crippen molar-refractivity contribution in [2.24, 2.45) is 11.8 Å². The van der Waals surface area contributed by atoms with Crippen LogP contribution in [-0.4, -0.2) is 52.3 Å². The zero-order valence-electron chi connectivity index (χ0n) is 16.6. The van der Waals surface area contributed by atoms with Crippen molar-refractivity contribution in [1.29, 1.82) is 0 Å². The first-order chi connectivity index (χ1) is 13.7. The minimum atomic E-state index is -4.55. The first kappa shape index (κ1) is 18.9. The summed E-state index contributed by atoms with van der Waals surface area (Å²) in [6.45, 7) is 6.78. The van der Waals surface area contributed by atoms with Crippen LogP contribution in [0.4, 0.5) is 19.0 Å². The lowest BCUT2D eigenvalue weighted by Crippen LogP contribution is -2.29. The van der Waals surface area contributed by atoms with E-state index >= 15 is 0 Å². The number of hydrogen-bond acceptors (Lipinski definition) is 5. The van der Waals surface area contributed by atoms with Crippen LogP contribution >= 0.6 is 0 Å².